The van der Waals surface area contributed by atoms with E-state index in [-0.39, 0.29) is 5.91 Å². The summed E-state index contributed by atoms with van der Waals surface area (Å²) < 4.78 is 0. The number of amides is 1. The molecule has 0 radical (unpaired) electrons. The Morgan fingerprint density at radius 2 is 1.88 bits per heavy atom. The molecule has 1 amide bonds. The molecule has 1 aliphatic heterocycles. The van der Waals surface area contributed by atoms with Gasteiger partial charge in [-0.1, -0.05) is 13.8 Å². The monoisotopic (exact) mass is 224 g/mol. The second-order valence-electron chi connectivity index (χ2n) is 5.93. The number of rotatable bonds is 2. The number of piperidine rings is 1. The zero-order valence-corrected chi connectivity index (χ0v) is 10.8. The van der Waals surface area contributed by atoms with Crippen LogP contribution in [0.25, 0.3) is 0 Å². The van der Waals surface area contributed by atoms with Crippen molar-refractivity contribution in [2.75, 3.05) is 13.1 Å². The highest BCUT2D eigenvalue weighted by atomic mass is 16.2. The van der Waals surface area contributed by atoms with E-state index in [4.69, 9.17) is 0 Å². The smallest absolute Gasteiger partial charge is 0.219 e. The average Bonchev–Trinajstić information content (AvgIpc) is 2.15. The van der Waals surface area contributed by atoms with Crippen LogP contribution in [0.1, 0.15) is 46.5 Å². The Bertz CT molecular complexity index is 259. The molecule has 0 unspecified atom stereocenters. The summed E-state index contributed by atoms with van der Waals surface area (Å²) in [6.07, 6.45) is 5.06. The predicted octanol–water partition coefficient (Wildman–Crippen LogP) is 1.78. The van der Waals surface area contributed by atoms with Gasteiger partial charge in [-0.3, -0.25) is 4.79 Å². The molecule has 3 heteroatoms. The highest BCUT2D eigenvalue weighted by molar-refractivity contribution is 5.73. The lowest BCUT2D eigenvalue weighted by atomic mass is 9.60. The highest BCUT2D eigenvalue weighted by Crippen LogP contribution is 2.49. The van der Waals surface area contributed by atoms with Crippen LogP contribution in [-0.2, 0) is 4.79 Å². The Balaban J connectivity index is 1.76. The maximum atomic E-state index is 11.2. The molecule has 1 aliphatic carbocycles. The molecule has 2 fully saturated rings. The van der Waals surface area contributed by atoms with Gasteiger partial charge in [0.1, 0.15) is 0 Å². The molecular weight excluding hydrogens is 200 g/mol. The normalized spacial score (nSPS) is 24.9. The average molecular weight is 224 g/mol. The van der Waals surface area contributed by atoms with Crippen LogP contribution in [0, 0.1) is 5.41 Å². The number of carbonyl (C=O) groups is 1. The van der Waals surface area contributed by atoms with Crippen molar-refractivity contribution in [2.24, 2.45) is 5.41 Å². The van der Waals surface area contributed by atoms with E-state index in [1.807, 2.05) is 4.90 Å². The van der Waals surface area contributed by atoms with Crippen LogP contribution in [0.3, 0.4) is 0 Å². The van der Waals surface area contributed by atoms with Crippen LogP contribution in [0.4, 0.5) is 0 Å². The van der Waals surface area contributed by atoms with Crippen LogP contribution < -0.4 is 5.32 Å². The first-order valence-corrected chi connectivity index (χ1v) is 6.52. The van der Waals surface area contributed by atoms with E-state index in [2.05, 4.69) is 19.2 Å². The molecule has 2 rings (SSSR count). The summed E-state index contributed by atoms with van der Waals surface area (Å²) in [6.45, 7) is 8.06. The standard InChI is InChI=1S/C13H24N2O/c1-10(2)14-12-8-13(9-12)4-6-15(7-5-13)11(3)16/h10,12,14H,4-9H2,1-3H3. The molecule has 1 heterocycles. The van der Waals surface area contributed by atoms with Crippen molar-refractivity contribution < 1.29 is 4.79 Å². The number of nitrogens with one attached hydrogen (secondary N) is 1. The minimum Gasteiger partial charge on any atom is -0.343 e. The molecular formula is C13H24N2O. The van der Waals surface area contributed by atoms with Crippen molar-refractivity contribution in [2.45, 2.75) is 58.5 Å². The maximum absolute atomic E-state index is 11.2. The number of likely N-dealkylation sites (tertiary alicyclic amines) is 1. The Morgan fingerprint density at radius 3 is 2.31 bits per heavy atom. The Labute approximate surface area is 98.6 Å². The molecule has 3 nitrogen and oxygen atoms in total. The van der Waals surface area contributed by atoms with Crippen molar-refractivity contribution >= 4 is 5.91 Å². The number of nitrogens with zero attached hydrogens (tertiary/aromatic N) is 1. The molecule has 1 saturated heterocycles. The molecule has 92 valence electrons. The summed E-state index contributed by atoms with van der Waals surface area (Å²) in [5.41, 5.74) is 0.568. The van der Waals surface area contributed by atoms with Gasteiger partial charge in [-0.15, -0.1) is 0 Å². The second kappa shape index (κ2) is 4.36. The Hall–Kier alpha value is -0.570. The van der Waals surface area contributed by atoms with Gasteiger partial charge >= 0.3 is 0 Å². The fourth-order valence-corrected chi connectivity index (χ4v) is 3.28. The maximum Gasteiger partial charge on any atom is 0.219 e. The van der Waals surface area contributed by atoms with Gasteiger partial charge in [-0.25, -0.2) is 0 Å². The highest BCUT2D eigenvalue weighted by Gasteiger charge is 2.45. The minimum atomic E-state index is 0.242. The zero-order chi connectivity index (χ0) is 11.8. The first-order valence-electron chi connectivity index (χ1n) is 6.52. The molecule has 0 aromatic heterocycles. The van der Waals surface area contributed by atoms with E-state index >= 15 is 0 Å². The van der Waals surface area contributed by atoms with E-state index in [0.717, 1.165) is 19.1 Å². The van der Waals surface area contributed by atoms with Gasteiger partial charge in [-0.05, 0) is 31.1 Å². The van der Waals surface area contributed by atoms with Crippen LogP contribution >= 0.6 is 0 Å². The second-order valence-corrected chi connectivity index (χ2v) is 5.93. The molecule has 0 atom stereocenters. The molecule has 1 saturated carbocycles. The van der Waals surface area contributed by atoms with Gasteiger partial charge < -0.3 is 10.2 Å². The van der Waals surface area contributed by atoms with E-state index in [1.54, 1.807) is 6.92 Å². The van der Waals surface area contributed by atoms with E-state index < -0.39 is 0 Å². The van der Waals surface area contributed by atoms with E-state index in [0.29, 0.717) is 11.5 Å². The van der Waals surface area contributed by atoms with Gasteiger partial charge in [-0.2, -0.15) is 0 Å². The summed E-state index contributed by atoms with van der Waals surface area (Å²) in [6, 6.07) is 1.32. The van der Waals surface area contributed by atoms with E-state index in [1.165, 1.54) is 25.7 Å². The first kappa shape index (κ1) is 11.9. The van der Waals surface area contributed by atoms with Crippen molar-refractivity contribution in [3.8, 4) is 0 Å². The third kappa shape index (κ3) is 2.40. The Kier molecular flexibility index (Phi) is 3.24. The van der Waals surface area contributed by atoms with Crippen molar-refractivity contribution in [3.05, 3.63) is 0 Å². The summed E-state index contributed by atoms with van der Waals surface area (Å²) in [7, 11) is 0. The molecule has 2 aliphatic rings. The fraction of sp³-hybridized carbons (Fsp3) is 0.923. The molecule has 16 heavy (non-hydrogen) atoms. The van der Waals surface area contributed by atoms with Crippen LogP contribution in [0.5, 0.6) is 0 Å². The topological polar surface area (TPSA) is 32.3 Å². The molecule has 0 aromatic carbocycles. The van der Waals surface area contributed by atoms with E-state index in [9.17, 15) is 4.79 Å². The molecule has 1 spiro atoms. The van der Waals surface area contributed by atoms with Crippen LogP contribution in [0.2, 0.25) is 0 Å². The number of hydrogen-bond acceptors (Lipinski definition) is 2. The molecule has 0 bridgehead atoms. The predicted molar refractivity (Wildman–Crippen MR) is 65.2 cm³/mol. The summed E-state index contributed by atoms with van der Waals surface area (Å²) >= 11 is 0. The van der Waals surface area contributed by atoms with Gasteiger partial charge in [0, 0.05) is 32.1 Å². The SMILES string of the molecule is CC(=O)N1CCC2(CC1)CC(NC(C)C)C2. The van der Waals surface area contributed by atoms with Crippen LogP contribution in [-0.4, -0.2) is 36.0 Å². The summed E-state index contributed by atoms with van der Waals surface area (Å²) in [4.78, 5) is 13.2. The summed E-state index contributed by atoms with van der Waals surface area (Å²) in [5.74, 6) is 0.242. The number of hydrogen-bond donors (Lipinski definition) is 1. The van der Waals surface area contributed by atoms with Crippen molar-refractivity contribution in [1.82, 2.24) is 10.2 Å². The lowest BCUT2D eigenvalue weighted by molar-refractivity contribution is -0.132. The third-order valence-electron chi connectivity index (χ3n) is 4.20. The van der Waals surface area contributed by atoms with Gasteiger partial charge in [0.25, 0.3) is 0 Å². The largest absolute Gasteiger partial charge is 0.343 e. The van der Waals surface area contributed by atoms with Gasteiger partial charge in [0.05, 0.1) is 0 Å². The minimum absolute atomic E-state index is 0.242. The first-order chi connectivity index (χ1) is 7.51. The van der Waals surface area contributed by atoms with Crippen LogP contribution in [0.15, 0.2) is 0 Å². The zero-order valence-electron chi connectivity index (χ0n) is 10.8. The third-order valence-corrected chi connectivity index (χ3v) is 4.20. The lowest BCUT2D eigenvalue weighted by Crippen LogP contribution is -2.55. The summed E-state index contributed by atoms with van der Waals surface area (Å²) in [5, 5.41) is 3.60. The number of carbonyl (C=O) groups excluding carboxylic acids is 1. The van der Waals surface area contributed by atoms with Crippen molar-refractivity contribution in [1.29, 1.82) is 0 Å². The fourth-order valence-electron chi connectivity index (χ4n) is 3.28. The quantitative estimate of drug-likeness (QED) is 0.775. The van der Waals surface area contributed by atoms with Crippen molar-refractivity contribution in [3.63, 3.8) is 0 Å². The lowest BCUT2D eigenvalue weighted by Gasteiger charge is -2.52. The molecule has 0 aromatic rings. The van der Waals surface area contributed by atoms with Gasteiger partial charge in [0.2, 0.25) is 5.91 Å². The Morgan fingerprint density at radius 1 is 1.31 bits per heavy atom. The molecule has 1 N–H and O–H groups in total. The van der Waals surface area contributed by atoms with Gasteiger partial charge in [0.15, 0.2) is 0 Å².